The molecule has 1 aliphatic heterocycles. The van der Waals surface area contributed by atoms with E-state index >= 15 is 0 Å². The molecule has 3 aromatic rings. The second-order valence-electron chi connectivity index (χ2n) is 7.97. The van der Waals surface area contributed by atoms with Crippen LogP contribution in [-0.4, -0.2) is 42.3 Å². The molecule has 1 atom stereocenters. The number of hydrogen-bond acceptors (Lipinski definition) is 4. The van der Waals surface area contributed by atoms with Gasteiger partial charge in [0.15, 0.2) is 5.82 Å². The lowest BCUT2D eigenvalue weighted by atomic mass is 10.0. The molecule has 29 heavy (non-hydrogen) atoms. The molecule has 1 aromatic carbocycles. The van der Waals surface area contributed by atoms with E-state index in [4.69, 9.17) is 11.6 Å². The molecule has 1 saturated carbocycles. The summed E-state index contributed by atoms with van der Waals surface area (Å²) in [6.45, 7) is 1.66. The summed E-state index contributed by atoms with van der Waals surface area (Å²) in [5, 5.41) is 16.4. The molecule has 2 aliphatic rings. The Bertz CT molecular complexity index is 1020. The van der Waals surface area contributed by atoms with E-state index in [2.05, 4.69) is 25.0 Å². The number of H-pyrrole nitrogens is 1. The Morgan fingerprint density at radius 3 is 2.93 bits per heavy atom. The molecule has 1 aliphatic carbocycles. The minimum absolute atomic E-state index is 0.0450. The average Bonchev–Trinajstić information content (AvgIpc) is 3.23. The summed E-state index contributed by atoms with van der Waals surface area (Å²) in [4.78, 5) is 15.3. The van der Waals surface area contributed by atoms with Gasteiger partial charge in [-0.2, -0.15) is 5.10 Å². The van der Waals surface area contributed by atoms with Crippen LogP contribution in [0.5, 0.6) is 0 Å². The summed E-state index contributed by atoms with van der Waals surface area (Å²) in [7, 11) is 0. The van der Waals surface area contributed by atoms with Crippen molar-refractivity contribution in [1.82, 2.24) is 29.9 Å². The third kappa shape index (κ3) is 3.79. The van der Waals surface area contributed by atoms with Gasteiger partial charge in [-0.1, -0.05) is 23.7 Å². The lowest BCUT2D eigenvalue weighted by Crippen LogP contribution is -2.40. The van der Waals surface area contributed by atoms with Crippen molar-refractivity contribution in [3.63, 3.8) is 0 Å². The van der Waals surface area contributed by atoms with Crippen molar-refractivity contribution in [2.45, 2.75) is 44.7 Å². The summed E-state index contributed by atoms with van der Waals surface area (Å²) in [6.07, 6.45) is 7.33. The van der Waals surface area contributed by atoms with Crippen molar-refractivity contribution in [2.75, 3.05) is 6.54 Å². The van der Waals surface area contributed by atoms with E-state index in [1.54, 1.807) is 12.4 Å². The first-order valence-electron chi connectivity index (χ1n) is 10.2. The van der Waals surface area contributed by atoms with Gasteiger partial charge in [0, 0.05) is 23.7 Å². The minimum atomic E-state index is -0.0459. The number of amides is 1. The molecule has 1 saturated heterocycles. The number of piperidine rings is 1. The third-order valence-electron chi connectivity index (χ3n) is 5.79. The average molecular weight is 411 g/mol. The molecule has 1 N–H and O–H groups in total. The molecule has 8 heteroatoms. The molecular formula is C21H23ClN6O. The fourth-order valence-corrected chi connectivity index (χ4v) is 4.26. The maximum Gasteiger partial charge on any atom is 0.272 e. The maximum absolute atomic E-state index is 13.3. The Labute approximate surface area is 174 Å². The highest BCUT2D eigenvalue weighted by Gasteiger charge is 2.34. The molecular weight excluding hydrogens is 388 g/mol. The Hall–Kier alpha value is -2.67. The molecule has 0 radical (unpaired) electrons. The van der Waals surface area contributed by atoms with Crippen LogP contribution in [0.25, 0.3) is 11.3 Å². The number of carbonyl (C=O) groups excluding carboxylic acids is 1. The molecule has 0 bridgehead atoms. The standard InChI is InChI=1S/C21H23ClN6O/c22-16-5-3-4-15(10-16)17-11-18(25-24-17)21(29)28-9-2-1-6-19(28)20-26-23-13-27(20)12-14-7-8-14/h3-5,10-11,13-14,19H,1-2,6-9,12H2,(H,24,25). The first kappa shape index (κ1) is 18.4. The number of halogens is 1. The molecule has 1 unspecified atom stereocenters. The monoisotopic (exact) mass is 410 g/mol. The van der Waals surface area contributed by atoms with E-state index in [0.717, 1.165) is 43.1 Å². The highest BCUT2D eigenvalue weighted by molar-refractivity contribution is 6.30. The molecule has 2 fully saturated rings. The van der Waals surface area contributed by atoms with Gasteiger partial charge in [0.05, 0.1) is 11.7 Å². The molecule has 3 heterocycles. The SMILES string of the molecule is O=C(c1cc(-c2cccc(Cl)c2)n[nH]1)N1CCCCC1c1nncn1CC1CC1. The highest BCUT2D eigenvalue weighted by Crippen LogP contribution is 2.35. The normalized spacial score (nSPS) is 19.5. The van der Waals surface area contributed by atoms with Crippen LogP contribution in [0.1, 0.15) is 54.5 Å². The quantitative estimate of drug-likeness (QED) is 0.686. The molecule has 1 amide bonds. The first-order chi connectivity index (χ1) is 14.2. The number of hydrogen-bond donors (Lipinski definition) is 1. The van der Waals surface area contributed by atoms with Gasteiger partial charge in [0.2, 0.25) is 0 Å². The number of nitrogens with zero attached hydrogens (tertiary/aromatic N) is 5. The predicted molar refractivity (Wildman–Crippen MR) is 109 cm³/mol. The fourth-order valence-electron chi connectivity index (χ4n) is 4.07. The lowest BCUT2D eigenvalue weighted by molar-refractivity contribution is 0.0588. The number of rotatable bonds is 5. The highest BCUT2D eigenvalue weighted by atomic mass is 35.5. The van der Waals surface area contributed by atoms with Gasteiger partial charge in [-0.25, -0.2) is 0 Å². The number of benzene rings is 1. The fraction of sp³-hybridized carbons (Fsp3) is 0.429. The van der Waals surface area contributed by atoms with Crippen molar-refractivity contribution < 1.29 is 4.79 Å². The topological polar surface area (TPSA) is 79.7 Å². The Balaban J connectivity index is 1.40. The van der Waals surface area contributed by atoms with Crippen molar-refractivity contribution >= 4 is 17.5 Å². The second kappa shape index (κ2) is 7.63. The molecule has 150 valence electrons. The minimum Gasteiger partial charge on any atom is -0.327 e. The number of likely N-dealkylation sites (tertiary alicyclic amines) is 1. The van der Waals surface area contributed by atoms with Gasteiger partial charge < -0.3 is 9.47 Å². The van der Waals surface area contributed by atoms with E-state index in [9.17, 15) is 4.79 Å². The van der Waals surface area contributed by atoms with Crippen LogP contribution in [0.15, 0.2) is 36.7 Å². The van der Waals surface area contributed by atoms with Crippen LogP contribution in [0.2, 0.25) is 5.02 Å². The smallest absolute Gasteiger partial charge is 0.272 e. The number of aromatic amines is 1. The number of carbonyl (C=O) groups is 1. The van der Waals surface area contributed by atoms with Crippen molar-refractivity contribution in [3.05, 3.63) is 53.2 Å². The van der Waals surface area contributed by atoms with Crippen LogP contribution >= 0.6 is 11.6 Å². The van der Waals surface area contributed by atoms with Gasteiger partial charge in [0.1, 0.15) is 12.0 Å². The van der Waals surface area contributed by atoms with Gasteiger partial charge >= 0.3 is 0 Å². The molecule has 5 rings (SSSR count). The van der Waals surface area contributed by atoms with E-state index in [1.807, 2.05) is 29.2 Å². The van der Waals surface area contributed by atoms with Crippen molar-refractivity contribution in [1.29, 1.82) is 0 Å². The molecule has 7 nitrogen and oxygen atoms in total. The van der Waals surface area contributed by atoms with Crippen LogP contribution in [0, 0.1) is 5.92 Å². The van der Waals surface area contributed by atoms with E-state index in [1.165, 1.54) is 12.8 Å². The van der Waals surface area contributed by atoms with Crippen LogP contribution < -0.4 is 0 Å². The van der Waals surface area contributed by atoms with Gasteiger partial charge in [0.25, 0.3) is 5.91 Å². The summed E-state index contributed by atoms with van der Waals surface area (Å²) in [5.41, 5.74) is 2.08. The van der Waals surface area contributed by atoms with Gasteiger partial charge in [-0.15, -0.1) is 10.2 Å². The maximum atomic E-state index is 13.3. The summed E-state index contributed by atoms with van der Waals surface area (Å²) < 4.78 is 2.14. The summed E-state index contributed by atoms with van der Waals surface area (Å²) >= 11 is 6.09. The Kier molecular flexibility index (Phi) is 4.83. The number of nitrogens with one attached hydrogen (secondary N) is 1. The zero-order chi connectivity index (χ0) is 19.8. The molecule has 0 spiro atoms. The second-order valence-corrected chi connectivity index (χ2v) is 8.41. The largest absolute Gasteiger partial charge is 0.327 e. The van der Waals surface area contributed by atoms with E-state index in [-0.39, 0.29) is 11.9 Å². The first-order valence-corrected chi connectivity index (χ1v) is 10.6. The van der Waals surface area contributed by atoms with Crippen molar-refractivity contribution in [3.8, 4) is 11.3 Å². The van der Waals surface area contributed by atoms with Crippen LogP contribution in [-0.2, 0) is 6.54 Å². The molecule has 2 aromatic heterocycles. The summed E-state index contributed by atoms with van der Waals surface area (Å²) in [5.74, 6) is 1.58. The summed E-state index contributed by atoms with van der Waals surface area (Å²) in [6, 6.07) is 9.22. The number of aromatic nitrogens is 5. The van der Waals surface area contributed by atoms with Gasteiger partial charge in [-0.3, -0.25) is 9.89 Å². The van der Waals surface area contributed by atoms with Crippen LogP contribution in [0.4, 0.5) is 0 Å². The lowest BCUT2D eigenvalue weighted by Gasteiger charge is -2.34. The van der Waals surface area contributed by atoms with E-state index < -0.39 is 0 Å². The zero-order valence-electron chi connectivity index (χ0n) is 16.1. The predicted octanol–water partition coefficient (Wildman–Crippen LogP) is 4.10. The Morgan fingerprint density at radius 1 is 1.21 bits per heavy atom. The zero-order valence-corrected chi connectivity index (χ0v) is 16.8. The van der Waals surface area contributed by atoms with E-state index in [0.29, 0.717) is 23.0 Å². The van der Waals surface area contributed by atoms with Crippen LogP contribution in [0.3, 0.4) is 0 Å². The van der Waals surface area contributed by atoms with Gasteiger partial charge in [-0.05, 0) is 56.2 Å². The third-order valence-corrected chi connectivity index (χ3v) is 6.02. The van der Waals surface area contributed by atoms with Crippen molar-refractivity contribution in [2.24, 2.45) is 5.92 Å². The Morgan fingerprint density at radius 2 is 2.10 bits per heavy atom.